The van der Waals surface area contributed by atoms with Crippen molar-refractivity contribution < 1.29 is 14.6 Å². The maximum Gasteiger partial charge on any atom is 0.133 e. The van der Waals surface area contributed by atoms with E-state index in [0.717, 1.165) is 37.5 Å². The molecule has 0 bridgehead atoms. The van der Waals surface area contributed by atoms with Crippen LogP contribution in [-0.2, 0) is 9.53 Å². The smallest absolute Gasteiger partial charge is 0.133 e. The lowest BCUT2D eigenvalue weighted by Crippen LogP contribution is -2.58. The molecule has 170 valence electrons. The highest BCUT2D eigenvalue weighted by Gasteiger charge is 2.63. The van der Waals surface area contributed by atoms with Gasteiger partial charge in [0.15, 0.2) is 0 Å². The minimum Gasteiger partial charge on any atom is -0.393 e. The van der Waals surface area contributed by atoms with Crippen molar-refractivity contribution in [1.82, 2.24) is 0 Å². The lowest BCUT2D eigenvalue weighted by molar-refractivity contribution is -0.168. The number of ether oxygens (including phenoxy) is 1. The van der Waals surface area contributed by atoms with Crippen molar-refractivity contribution >= 4 is 5.78 Å². The van der Waals surface area contributed by atoms with Crippen LogP contribution in [0.1, 0.15) is 98.8 Å². The number of aliphatic hydroxyl groups excluding tert-OH is 1. The normalized spacial score (nSPS) is 52.9. The van der Waals surface area contributed by atoms with Crippen LogP contribution in [0.5, 0.6) is 0 Å². The summed E-state index contributed by atoms with van der Waals surface area (Å²) in [5.41, 5.74) is 0.770. The molecular formula is C27H44O3. The standard InChI is InChI=1S/C27H44O3/c1-16(6-9-23-25(2,3)30-23)19-7-8-20-24-21(11-13-27(19,20)5)26(4)12-10-18(28)14-17(26)15-22(24)29/h16-17,19-24,29H,6-15H2,1-5H3/t16-,17?,19-,20+,21+,22?,23?,24?,26+,27?/m1/s1. The first kappa shape index (κ1) is 21.4. The molecule has 10 atom stereocenters. The van der Waals surface area contributed by atoms with Crippen molar-refractivity contribution in [3.63, 3.8) is 0 Å². The van der Waals surface area contributed by atoms with Gasteiger partial charge < -0.3 is 9.84 Å². The number of hydrogen-bond acceptors (Lipinski definition) is 3. The maximum atomic E-state index is 12.1. The van der Waals surface area contributed by atoms with Crippen molar-refractivity contribution in [2.24, 2.45) is 46.3 Å². The SMILES string of the molecule is C[C@H](CCC1OC1(C)C)[C@H]1CC[C@H]2C3C(O)CC4CC(=O)CC[C@]4(C)[C@H]3CCC12C. The first-order chi connectivity index (χ1) is 14.1. The minimum atomic E-state index is -0.196. The Morgan fingerprint density at radius 1 is 1.07 bits per heavy atom. The third kappa shape index (κ3) is 3.16. The Hall–Kier alpha value is -0.410. The van der Waals surface area contributed by atoms with E-state index < -0.39 is 0 Å². The van der Waals surface area contributed by atoms with Crippen molar-refractivity contribution in [2.45, 2.75) is 117 Å². The zero-order valence-electron chi connectivity index (χ0n) is 20.0. The second-order valence-electron chi connectivity index (χ2n) is 13.0. The van der Waals surface area contributed by atoms with Gasteiger partial charge in [0.25, 0.3) is 0 Å². The van der Waals surface area contributed by atoms with Crippen LogP contribution >= 0.6 is 0 Å². The Labute approximate surface area is 183 Å². The summed E-state index contributed by atoms with van der Waals surface area (Å²) in [6, 6.07) is 0. The predicted octanol–water partition coefficient (Wildman–Crippen LogP) is 5.78. The summed E-state index contributed by atoms with van der Waals surface area (Å²) in [7, 11) is 0. The number of epoxide rings is 1. The quantitative estimate of drug-likeness (QED) is 0.591. The molecule has 5 aliphatic rings. The van der Waals surface area contributed by atoms with Gasteiger partial charge in [-0.2, -0.15) is 0 Å². The molecule has 1 heterocycles. The van der Waals surface area contributed by atoms with E-state index in [1.165, 1.54) is 38.5 Å². The van der Waals surface area contributed by atoms with Gasteiger partial charge in [-0.3, -0.25) is 4.79 Å². The van der Waals surface area contributed by atoms with Gasteiger partial charge in [0, 0.05) is 12.8 Å². The average molecular weight is 417 g/mol. The van der Waals surface area contributed by atoms with Gasteiger partial charge in [0.2, 0.25) is 0 Å². The molecule has 3 nitrogen and oxygen atoms in total. The molecule has 1 saturated heterocycles. The maximum absolute atomic E-state index is 12.1. The van der Waals surface area contributed by atoms with Gasteiger partial charge in [0.05, 0.1) is 17.8 Å². The molecule has 1 N–H and O–H groups in total. The van der Waals surface area contributed by atoms with Crippen molar-refractivity contribution in [1.29, 1.82) is 0 Å². The van der Waals surface area contributed by atoms with Crippen LogP contribution in [0.4, 0.5) is 0 Å². The van der Waals surface area contributed by atoms with E-state index in [0.29, 0.717) is 41.0 Å². The first-order valence-corrected chi connectivity index (χ1v) is 12.9. The average Bonchev–Trinajstić information content (AvgIpc) is 3.13. The number of carbonyl (C=O) groups excluding carboxylic acids is 1. The molecule has 3 heteroatoms. The fourth-order valence-electron chi connectivity index (χ4n) is 9.34. The van der Waals surface area contributed by atoms with Crippen LogP contribution in [0.3, 0.4) is 0 Å². The van der Waals surface area contributed by atoms with E-state index in [1.54, 1.807) is 0 Å². The van der Waals surface area contributed by atoms with Gasteiger partial charge in [0.1, 0.15) is 5.78 Å². The molecule has 5 rings (SSSR count). The second kappa shape index (κ2) is 7.04. The molecule has 30 heavy (non-hydrogen) atoms. The summed E-state index contributed by atoms with van der Waals surface area (Å²) in [6.07, 6.45) is 11.4. The molecule has 0 aromatic heterocycles. The highest BCUT2D eigenvalue weighted by Crippen LogP contribution is 2.68. The molecule has 0 radical (unpaired) electrons. The van der Waals surface area contributed by atoms with Crippen molar-refractivity contribution in [2.75, 3.05) is 0 Å². The number of aliphatic hydroxyl groups is 1. The topological polar surface area (TPSA) is 49.8 Å². The highest BCUT2D eigenvalue weighted by molar-refractivity contribution is 5.79. The molecule has 0 spiro atoms. The molecule has 4 saturated carbocycles. The van der Waals surface area contributed by atoms with E-state index in [2.05, 4.69) is 34.6 Å². The van der Waals surface area contributed by atoms with Crippen LogP contribution in [-0.4, -0.2) is 28.7 Å². The van der Waals surface area contributed by atoms with Crippen molar-refractivity contribution in [3.8, 4) is 0 Å². The number of hydrogen-bond donors (Lipinski definition) is 1. The Bertz CT molecular complexity index is 700. The van der Waals surface area contributed by atoms with E-state index in [1.807, 2.05) is 0 Å². The summed E-state index contributed by atoms with van der Waals surface area (Å²) >= 11 is 0. The summed E-state index contributed by atoms with van der Waals surface area (Å²) in [5, 5.41) is 11.3. The summed E-state index contributed by atoms with van der Waals surface area (Å²) in [4.78, 5) is 12.1. The molecule has 0 aromatic carbocycles. The van der Waals surface area contributed by atoms with Crippen LogP contribution in [0.2, 0.25) is 0 Å². The number of rotatable bonds is 4. The summed E-state index contributed by atoms with van der Waals surface area (Å²) in [6.45, 7) is 12.0. The minimum absolute atomic E-state index is 0.111. The fourth-order valence-corrected chi connectivity index (χ4v) is 9.34. The fraction of sp³-hybridized carbons (Fsp3) is 0.963. The Morgan fingerprint density at radius 3 is 2.47 bits per heavy atom. The monoisotopic (exact) mass is 416 g/mol. The molecule has 5 unspecified atom stereocenters. The number of ketones is 1. The molecule has 1 aliphatic heterocycles. The van der Waals surface area contributed by atoms with Crippen LogP contribution < -0.4 is 0 Å². The summed E-state index contributed by atoms with van der Waals surface area (Å²) in [5.74, 6) is 4.12. The third-order valence-corrected chi connectivity index (χ3v) is 11.3. The van der Waals surface area contributed by atoms with Gasteiger partial charge in [-0.25, -0.2) is 0 Å². The van der Waals surface area contributed by atoms with Gasteiger partial charge in [-0.05, 0) is 112 Å². The first-order valence-electron chi connectivity index (χ1n) is 12.9. The van der Waals surface area contributed by atoms with Crippen LogP contribution in [0.25, 0.3) is 0 Å². The molecular weight excluding hydrogens is 372 g/mol. The Morgan fingerprint density at radius 2 is 1.77 bits per heavy atom. The second-order valence-corrected chi connectivity index (χ2v) is 13.0. The number of carbonyl (C=O) groups is 1. The van der Waals surface area contributed by atoms with Gasteiger partial charge in [-0.15, -0.1) is 0 Å². The van der Waals surface area contributed by atoms with E-state index in [4.69, 9.17) is 4.74 Å². The number of Topliss-reactive ketones (excluding diaryl/α,β-unsaturated/α-hetero) is 1. The largest absolute Gasteiger partial charge is 0.393 e. The van der Waals surface area contributed by atoms with Crippen LogP contribution in [0, 0.1) is 46.3 Å². The molecule has 0 aromatic rings. The summed E-state index contributed by atoms with van der Waals surface area (Å²) < 4.78 is 5.85. The molecule has 5 fully saturated rings. The Balaban J connectivity index is 1.32. The lowest BCUT2D eigenvalue weighted by atomic mass is 9.44. The van der Waals surface area contributed by atoms with Gasteiger partial charge >= 0.3 is 0 Å². The van der Waals surface area contributed by atoms with Crippen LogP contribution in [0.15, 0.2) is 0 Å². The number of fused-ring (bicyclic) bond motifs is 5. The molecule has 0 amide bonds. The van der Waals surface area contributed by atoms with Crippen molar-refractivity contribution in [3.05, 3.63) is 0 Å². The lowest BCUT2D eigenvalue weighted by Gasteiger charge is -2.62. The Kier molecular flexibility index (Phi) is 5.03. The van der Waals surface area contributed by atoms with Gasteiger partial charge in [-0.1, -0.05) is 20.8 Å². The third-order valence-electron chi connectivity index (χ3n) is 11.3. The molecule has 4 aliphatic carbocycles. The predicted molar refractivity (Wildman–Crippen MR) is 119 cm³/mol. The van der Waals surface area contributed by atoms with E-state index in [9.17, 15) is 9.90 Å². The van der Waals surface area contributed by atoms with E-state index >= 15 is 0 Å². The zero-order valence-corrected chi connectivity index (χ0v) is 20.0. The zero-order chi connectivity index (χ0) is 21.5. The van der Waals surface area contributed by atoms with E-state index in [-0.39, 0.29) is 17.1 Å². The highest BCUT2D eigenvalue weighted by atomic mass is 16.6.